The van der Waals surface area contributed by atoms with E-state index in [-0.39, 0.29) is 16.7 Å². The van der Waals surface area contributed by atoms with Gasteiger partial charge in [0.2, 0.25) is 0 Å². The van der Waals surface area contributed by atoms with E-state index in [1.165, 1.54) is 6.92 Å². The molecule has 1 aliphatic heterocycles. The van der Waals surface area contributed by atoms with Gasteiger partial charge in [0.15, 0.2) is 11.6 Å². The van der Waals surface area contributed by atoms with E-state index in [0.29, 0.717) is 0 Å². The fourth-order valence-corrected chi connectivity index (χ4v) is 1.37. The molecule has 16 heavy (non-hydrogen) atoms. The smallest absolute Gasteiger partial charge is 0.313 e. The number of ether oxygens (including phenoxy) is 1. The summed E-state index contributed by atoms with van der Waals surface area (Å²) in [5.41, 5.74) is 0. The standard InChI is InChI=1S/C10H13ClFNO3/c1-5(2)10(14)16-9-6(3)13(15)4-7(12)8(9)11/h4-6,13H,1-3H3. The van der Waals surface area contributed by atoms with Crippen LogP contribution in [0.5, 0.6) is 0 Å². The zero-order valence-corrected chi connectivity index (χ0v) is 9.97. The van der Waals surface area contributed by atoms with E-state index in [0.717, 1.165) is 6.20 Å². The van der Waals surface area contributed by atoms with E-state index in [4.69, 9.17) is 16.3 Å². The molecule has 0 aromatic rings. The average Bonchev–Trinajstić information content (AvgIpc) is 2.21. The number of hydrogen-bond acceptors (Lipinski definition) is 3. The molecule has 0 spiro atoms. The summed E-state index contributed by atoms with van der Waals surface area (Å²) < 4.78 is 18.1. The van der Waals surface area contributed by atoms with Crippen molar-refractivity contribution >= 4 is 17.6 Å². The average molecular weight is 250 g/mol. The molecule has 1 N–H and O–H groups in total. The molecule has 0 saturated heterocycles. The van der Waals surface area contributed by atoms with Crippen LogP contribution in [0.4, 0.5) is 4.39 Å². The minimum atomic E-state index is -0.865. The number of halogens is 2. The molecule has 0 aromatic carbocycles. The van der Waals surface area contributed by atoms with Crippen molar-refractivity contribution in [2.45, 2.75) is 26.8 Å². The molecular formula is C10H13ClFNO3. The highest BCUT2D eigenvalue weighted by molar-refractivity contribution is 6.32. The summed E-state index contributed by atoms with van der Waals surface area (Å²) in [6.07, 6.45) is 0.805. The number of carbonyl (C=O) groups is 1. The van der Waals surface area contributed by atoms with Gasteiger partial charge < -0.3 is 15.0 Å². The van der Waals surface area contributed by atoms with Crippen LogP contribution in [0, 0.1) is 11.1 Å². The minimum absolute atomic E-state index is 0.106. The monoisotopic (exact) mass is 249 g/mol. The number of esters is 1. The quantitative estimate of drug-likeness (QED) is 0.592. The minimum Gasteiger partial charge on any atom is -0.629 e. The molecule has 0 bridgehead atoms. The maximum absolute atomic E-state index is 13.2. The highest BCUT2D eigenvalue weighted by Crippen LogP contribution is 2.25. The summed E-state index contributed by atoms with van der Waals surface area (Å²) in [4.78, 5) is 11.3. The topological polar surface area (TPSA) is 53.8 Å². The van der Waals surface area contributed by atoms with Gasteiger partial charge in [0.05, 0.1) is 5.92 Å². The lowest BCUT2D eigenvalue weighted by Gasteiger charge is -2.30. The molecule has 1 rings (SSSR count). The number of hydroxylamine groups is 2. The van der Waals surface area contributed by atoms with Crippen molar-refractivity contribution in [3.8, 4) is 0 Å². The SMILES string of the molecule is CC(C)C(=O)OC1=C(Cl)C(F)=C[NH+]([O-])C1C. The highest BCUT2D eigenvalue weighted by Gasteiger charge is 2.30. The molecule has 0 aliphatic carbocycles. The second-order valence-electron chi connectivity index (χ2n) is 3.87. The molecule has 0 aromatic heterocycles. The van der Waals surface area contributed by atoms with E-state index in [1.807, 2.05) is 0 Å². The maximum atomic E-state index is 13.2. The Balaban J connectivity index is 2.96. The number of rotatable bonds is 2. The van der Waals surface area contributed by atoms with Crippen molar-refractivity contribution in [1.29, 1.82) is 0 Å². The van der Waals surface area contributed by atoms with Crippen LogP contribution < -0.4 is 5.06 Å². The number of nitrogens with one attached hydrogen (secondary N) is 1. The maximum Gasteiger partial charge on any atom is 0.313 e. The third kappa shape index (κ3) is 2.61. The molecule has 1 aliphatic rings. The summed E-state index contributed by atoms with van der Waals surface area (Å²) in [5, 5.41) is 10.5. The Kier molecular flexibility index (Phi) is 4.07. The predicted molar refractivity (Wildman–Crippen MR) is 56.8 cm³/mol. The van der Waals surface area contributed by atoms with Gasteiger partial charge >= 0.3 is 5.97 Å². The Hall–Kier alpha value is -0.910. The summed E-state index contributed by atoms with van der Waals surface area (Å²) in [7, 11) is 0. The summed E-state index contributed by atoms with van der Waals surface area (Å²) in [6.45, 7) is 4.78. The molecule has 0 fully saturated rings. The van der Waals surface area contributed by atoms with Crippen LogP contribution in [0.25, 0.3) is 0 Å². The lowest BCUT2D eigenvalue weighted by atomic mass is 10.2. The number of carbonyl (C=O) groups excluding carboxylic acids is 1. The third-order valence-corrected chi connectivity index (χ3v) is 2.56. The molecular weight excluding hydrogens is 237 g/mol. The van der Waals surface area contributed by atoms with Gasteiger partial charge in [-0.1, -0.05) is 25.4 Å². The van der Waals surface area contributed by atoms with E-state index in [1.54, 1.807) is 13.8 Å². The van der Waals surface area contributed by atoms with Crippen molar-refractivity contribution in [3.05, 3.63) is 28.0 Å². The first-order valence-electron chi connectivity index (χ1n) is 4.87. The van der Waals surface area contributed by atoms with E-state index in [9.17, 15) is 14.4 Å². The van der Waals surface area contributed by atoms with Crippen LogP contribution in [-0.4, -0.2) is 12.0 Å². The molecule has 1 heterocycles. The molecule has 0 radical (unpaired) electrons. The van der Waals surface area contributed by atoms with Gasteiger partial charge in [-0.15, -0.1) is 0 Å². The van der Waals surface area contributed by atoms with Gasteiger partial charge in [-0.3, -0.25) is 4.79 Å². The summed E-state index contributed by atoms with van der Waals surface area (Å²) in [6, 6.07) is -0.727. The summed E-state index contributed by atoms with van der Waals surface area (Å²) >= 11 is 5.65. The van der Waals surface area contributed by atoms with Gasteiger partial charge in [-0.05, 0) is 6.92 Å². The van der Waals surface area contributed by atoms with Crippen LogP contribution in [0.15, 0.2) is 22.8 Å². The Morgan fingerprint density at radius 3 is 2.75 bits per heavy atom. The largest absolute Gasteiger partial charge is 0.629 e. The lowest BCUT2D eigenvalue weighted by Crippen LogP contribution is -3.07. The summed E-state index contributed by atoms with van der Waals surface area (Å²) in [5.74, 6) is -1.88. The number of allylic oxidation sites excluding steroid dienone is 2. The van der Waals surface area contributed by atoms with Gasteiger partial charge in [0.25, 0.3) is 0 Å². The first-order chi connectivity index (χ1) is 7.34. The molecule has 0 amide bonds. The molecule has 2 atom stereocenters. The van der Waals surface area contributed by atoms with Gasteiger partial charge in [-0.25, -0.2) is 0 Å². The van der Waals surface area contributed by atoms with Gasteiger partial charge in [0, 0.05) is 0 Å². The van der Waals surface area contributed by atoms with Gasteiger partial charge in [-0.2, -0.15) is 4.39 Å². The number of hydrogen-bond donors (Lipinski definition) is 1. The highest BCUT2D eigenvalue weighted by atomic mass is 35.5. The van der Waals surface area contributed by atoms with Crippen molar-refractivity contribution in [3.63, 3.8) is 0 Å². The van der Waals surface area contributed by atoms with E-state index in [2.05, 4.69) is 0 Å². The zero-order valence-electron chi connectivity index (χ0n) is 9.21. The van der Waals surface area contributed by atoms with Crippen molar-refractivity contribution in [2.75, 3.05) is 0 Å². The van der Waals surface area contributed by atoms with Crippen LogP contribution in [0.2, 0.25) is 0 Å². The second kappa shape index (κ2) is 4.95. The molecule has 2 unspecified atom stereocenters. The Labute approximate surface area is 97.9 Å². The molecule has 6 heteroatoms. The first-order valence-corrected chi connectivity index (χ1v) is 5.25. The van der Waals surface area contributed by atoms with Crippen LogP contribution >= 0.6 is 11.6 Å². The Bertz CT molecular complexity index is 365. The molecule has 90 valence electrons. The van der Waals surface area contributed by atoms with Crippen LogP contribution in [-0.2, 0) is 9.53 Å². The van der Waals surface area contributed by atoms with Crippen molar-refractivity contribution in [1.82, 2.24) is 0 Å². The fourth-order valence-electron chi connectivity index (χ4n) is 1.11. The van der Waals surface area contributed by atoms with Crippen LogP contribution in [0.1, 0.15) is 20.8 Å². The molecule has 4 nitrogen and oxygen atoms in total. The zero-order chi connectivity index (χ0) is 12.5. The normalized spacial score (nSPS) is 25.8. The lowest BCUT2D eigenvalue weighted by molar-refractivity contribution is -0.816. The van der Waals surface area contributed by atoms with E-state index < -0.39 is 22.9 Å². The van der Waals surface area contributed by atoms with Crippen LogP contribution in [0.3, 0.4) is 0 Å². The van der Waals surface area contributed by atoms with Crippen molar-refractivity contribution in [2.24, 2.45) is 5.92 Å². The Morgan fingerprint density at radius 1 is 1.69 bits per heavy atom. The fraction of sp³-hybridized carbons (Fsp3) is 0.500. The predicted octanol–water partition coefficient (Wildman–Crippen LogP) is 1.23. The van der Waals surface area contributed by atoms with Gasteiger partial charge in [0.1, 0.15) is 17.3 Å². The van der Waals surface area contributed by atoms with E-state index >= 15 is 0 Å². The molecule has 0 saturated carbocycles. The Morgan fingerprint density at radius 2 is 2.25 bits per heavy atom. The third-order valence-electron chi connectivity index (χ3n) is 2.20. The second-order valence-corrected chi connectivity index (χ2v) is 4.25. The van der Waals surface area contributed by atoms with Crippen molar-refractivity contribution < 1.29 is 19.0 Å². The number of quaternary nitrogens is 1. The first kappa shape index (κ1) is 13.2.